The standard InChI is InChI=1S/C16H22Si2/c1-17(2)15-9-5-13(6-10-15)14-7-11-16(12-8-14)18(3)4/h5-12,17-18H,1-4H3. The van der Waals surface area contributed by atoms with Gasteiger partial charge in [-0.15, -0.1) is 0 Å². The summed E-state index contributed by atoms with van der Waals surface area (Å²) in [6, 6.07) is 18.3. The molecular formula is C16H22Si2. The summed E-state index contributed by atoms with van der Waals surface area (Å²) in [6.45, 7) is 9.49. The molecule has 2 heteroatoms. The van der Waals surface area contributed by atoms with Gasteiger partial charge < -0.3 is 0 Å². The first kappa shape index (κ1) is 13.3. The second-order valence-electron chi connectivity index (χ2n) is 5.55. The first-order valence-electron chi connectivity index (χ1n) is 6.78. The minimum atomic E-state index is -0.659. The number of benzene rings is 2. The zero-order chi connectivity index (χ0) is 13.1. The van der Waals surface area contributed by atoms with Crippen molar-refractivity contribution in [1.82, 2.24) is 0 Å². The molecule has 94 valence electrons. The van der Waals surface area contributed by atoms with Crippen LogP contribution in [-0.2, 0) is 0 Å². The van der Waals surface area contributed by atoms with Crippen molar-refractivity contribution in [3.05, 3.63) is 48.5 Å². The Labute approximate surface area is 114 Å². The van der Waals surface area contributed by atoms with Crippen molar-refractivity contribution in [2.45, 2.75) is 26.2 Å². The Morgan fingerprint density at radius 2 is 0.778 bits per heavy atom. The van der Waals surface area contributed by atoms with E-state index < -0.39 is 17.6 Å². The van der Waals surface area contributed by atoms with Gasteiger partial charge in [-0.25, -0.2) is 0 Å². The molecule has 0 saturated carbocycles. The molecule has 0 aliphatic heterocycles. The summed E-state index contributed by atoms with van der Waals surface area (Å²) in [7, 11) is -1.32. The fourth-order valence-electron chi connectivity index (χ4n) is 2.12. The van der Waals surface area contributed by atoms with E-state index in [9.17, 15) is 0 Å². The molecular weight excluding hydrogens is 248 g/mol. The van der Waals surface area contributed by atoms with Crippen LogP contribution in [0.25, 0.3) is 11.1 Å². The Morgan fingerprint density at radius 1 is 0.500 bits per heavy atom. The molecule has 0 heterocycles. The van der Waals surface area contributed by atoms with Gasteiger partial charge in [0, 0.05) is 0 Å². The molecule has 0 unspecified atom stereocenters. The Hall–Kier alpha value is -1.13. The van der Waals surface area contributed by atoms with Crippen LogP contribution in [0.5, 0.6) is 0 Å². The van der Waals surface area contributed by atoms with Crippen LogP contribution in [0.4, 0.5) is 0 Å². The van der Waals surface area contributed by atoms with Crippen molar-refractivity contribution >= 4 is 28.0 Å². The lowest BCUT2D eigenvalue weighted by atomic mass is 10.1. The maximum atomic E-state index is 2.37. The van der Waals surface area contributed by atoms with Gasteiger partial charge in [-0.1, -0.05) is 85.1 Å². The van der Waals surface area contributed by atoms with Crippen LogP contribution in [0.15, 0.2) is 48.5 Å². The Bertz CT molecular complexity index is 446. The van der Waals surface area contributed by atoms with Gasteiger partial charge in [-0.3, -0.25) is 0 Å². The summed E-state index contributed by atoms with van der Waals surface area (Å²) in [4.78, 5) is 0. The van der Waals surface area contributed by atoms with E-state index in [0.717, 1.165) is 0 Å². The molecule has 0 amide bonds. The van der Waals surface area contributed by atoms with Crippen molar-refractivity contribution in [3.8, 4) is 11.1 Å². The number of hydrogen-bond donors (Lipinski definition) is 0. The van der Waals surface area contributed by atoms with Gasteiger partial charge in [0.2, 0.25) is 0 Å². The summed E-state index contributed by atoms with van der Waals surface area (Å²) >= 11 is 0. The normalized spacial score (nSPS) is 11.2. The van der Waals surface area contributed by atoms with Crippen LogP contribution in [0.1, 0.15) is 0 Å². The van der Waals surface area contributed by atoms with E-state index in [1.807, 2.05) is 0 Å². The van der Waals surface area contributed by atoms with E-state index in [0.29, 0.717) is 0 Å². The number of rotatable bonds is 3. The zero-order valence-electron chi connectivity index (χ0n) is 11.8. The van der Waals surface area contributed by atoms with Crippen LogP contribution in [0.2, 0.25) is 26.2 Å². The molecule has 0 saturated heterocycles. The third-order valence-corrected chi connectivity index (χ3v) is 6.92. The van der Waals surface area contributed by atoms with Gasteiger partial charge in [0.05, 0.1) is 17.6 Å². The van der Waals surface area contributed by atoms with Gasteiger partial charge in [-0.2, -0.15) is 0 Å². The molecule has 0 atom stereocenters. The fourth-order valence-corrected chi connectivity index (χ4v) is 4.05. The molecule has 0 aliphatic rings. The van der Waals surface area contributed by atoms with Crippen molar-refractivity contribution in [2.75, 3.05) is 0 Å². The second-order valence-corrected chi connectivity index (χ2v) is 11.5. The monoisotopic (exact) mass is 270 g/mol. The highest BCUT2D eigenvalue weighted by molar-refractivity contribution is 6.71. The maximum Gasteiger partial charge on any atom is 0.0647 e. The molecule has 0 aromatic heterocycles. The predicted octanol–water partition coefficient (Wildman–Crippen LogP) is 2.74. The van der Waals surface area contributed by atoms with Crippen molar-refractivity contribution in [1.29, 1.82) is 0 Å². The molecule has 2 rings (SSSR count). The Morgan fingerprint density at radius 3 is 1.00 bits per heavy atom. The van der Waals surface area contributed by atoms with Crippen LogP contribution < -0.4 is 10.4 Å². The molecule has 2 aromatic carbocycles. The molecule has 2 aromatic rings. The Kier molecular flexibility index (Phi) is 4.20. The molecule has 0 fully saturated rings. The van der Waals surface area contributed by atoms with Gasteiger partial charge in [0.25, 0.3) is 0 Å². The maximum absolute atomic E-state index is 2.37. The highest BCUT2D eigenvalue weighted by atomic mass is 28.3. The van der Waals surface area contributed by atoms with Crippen LogP contribution >= 0.6 is 0 Å². The lowest BCUT2D eigenvalue weighted by Crippen LogP contribution is -2.22. The van der Waals surface area contributed by atoms with E-state index in [4.69, 9.17) is 0 Å². The molecule has 0 aliphatic carbocycles. The first-order chi connectivity index (χ1) is 8.58. The topological polar surface area (TPSA) is 0 Å². The van der Waals surface area contributed by atoms with Crippen molar-refractivity contribution < 1.29 is 0 Å². The molecule has 0 bridgehead atoms. The minimum Gasteiger partial charge on any atom is -0.0682 e. The largest absolute Gasteiger partial charge is 0.0682 e. The summed E-state index contributed by atoms with van der Waals surface area (Å²) in [6.07, 6.45) is 0. The van der Waals surface area contributed by atoms with E-state index in [2.05, 4.69) is 74.7 Å². The second kappa shape index (κ2) is 5.68. The van der Waals surface area contributed by atoms with Gasteiger partial charge in [0.1, 0.15) is 0 Å². The quantitative estimate of drug-likeness (QED) is 0.752. The lowest BCUT2D eigenvalue weighted by Gasteiger charge is -2.08. The highest BCUT2D eigenvalue weighted by Crippen LogP contribution is 2.17. The van der Waals surface area contributed by atoms with E-state index in [1.165, 1.54) is 11.1 Å². The molecule has 0 radical (unpaired) electrons. The minimum absolute atomic E-state index is 0.659. The van der Waals surface area contributed by atoms with E-state index in [1.54, 1.807) is 10.4 Å². The first-order valence-corrected chi connectivity index (χ1v) is 12.6. The average molecular weight is 271 g/mol. The van der Waals surface area contributed by atoms with Gasteiger partial charge in [-0.05, 0) is 11.1 Å². The zero-order valence-corrected chi connectivity index (χ0v) is 14.1. The Balaban J connectivity index is 2.25. The SMILES string of the molecule is C[SiH](C)c1ccc(-c2ccc([SiH](C)C)cc2)cc1. The smallest absolute Gasteiger partial charge is 0.0647 e. The molecule has 0 nitrogen and oxygen atoms in total. The van der Waals surface area contributed by atoms with E-state index in [-0.39, 0.29) is 0 Å². The molecule has 18 heavy (non-hydrogen) atoms. The third kappa shape index (κ3) is 3.00. The summed E-state index contributed by atoms with van der Waals surface area (Å²) in [5.41, 5.74) is 2.68. The average Bonchev–Trinajstić information content (AvgIpc) is 2.39. The van der Waals surface area contributed by atoms with E-state index >= 15 is 0 Å². The summed E-state index contributed by atoms with van der Waals surface area (Å²) in [5, 5.41) is 3.09. The van der Waals surface area contributed by atoms with Crippen LogP contribution in [0.3, 0.4) is 0 Å². The number of hydrogen-bond acceptors (Lipinski definition) is 0. The van der Waals surface area contributed by atoms with Crippen molar-refractivity contribution in [3.63, 3.8) is 0 Å². The summed E-state index contributed by atoms with van der Waals surface area (Å²) in [5.74, 6) is 0. The van der Waals surface area contributed by atoms with Gasteiger partial charge in [0.15, 0.2) is 0 Å². The molecule has 0 spiro atoms. The van der Waals surface area contributed by atoms with Gasteiger partial charge >= 0.3 is 0 Å². The molecule has 0 N–H and O–H groups in total. The third-order valence-electron chi connectivity index (χ3n) is 3.49. The highest BCUT2D eigenvalue weighted by Gasteiger charge is 2.03. The predicted molar refractivity (Wildman–Crippen MR) is 88.9 cm³/mol. The van der Waals surface area contributed by atoms with Crippen LogP contribution in [-0.4, -0.2) is 17.6 Å². The van der Waals surface area contributed by atoms with Crippen molar-refractivity contribution in [2.24, 2.45) is 0 Å². The fraction of sp³-hybridized carbons (Fsp3) is 0.250. The lowest BCUT2D eigenvalue weighted by molar-refractivity contribution is 1.64. The summed E-state index contributed by atoms with van der Waals surface area (Å²) < 4.78 is 0. The van der Waals surface area contributed by atoms with Crippen LogP contribution in [0, 0.1) is 0 Å².